The first-order valence-electron chi connectivity index (χ1n) is 7.81. The number of anilines is 2. The molecule has 0 aliphatic rings. The predicted molar refractivity (Wildman–Crippen MR) is 96.2 cm³/mol. The molecule has 0 atom stereocenters. The van der Waals surface area contributed by atoms with E-state index < -0.39 is 0 Å². The van der Waals surface area contributed by atoms with E-state index in [4.69, 9.17) is 0 Å². The number of phenolic OH excluding ortho intramolecular Hbond substituents is 2. The van der Waals surface area contributed by atoms with Gasteiger partial charge in [-0.1, -0.05) is 18.2 Å². The number of aryl methyl sites for hydroxylation is 1. The minimum atomic E-state index is -0.190. The van der Waals surface area contributed by atoms with Crippen molar-refractivity contribution in [3.63, 3.8) is 0 Å². The van der Waals surface area contributed by atoms with Gasteiger partial charge in [-0.25, -0.2) is 9.97 Å². The molecular weight excluding hydrogens is 316 g/mol. The lowest BCUT2D eigenvalue weighted by Crippen LogP contribution is -1.98. The molecule has 0 aliphatic heterocycles. The molecule has 0 bridgehead atoms. The fourth-order valence-electron chi connectivity index (χ4n) is 2.72. The van der Waals surface area contributed by atoms with Gasteiger partial charge < -0.3 is 15.5 Å². The van der Waals surface area contributed by atoms with Crippen LogP contribution in [0.3, 0.4) is 0 Å². The van der Waals surface area contributed by atoms with Crippen molar-refractivity contribution in [1.29, 1.82) is 0 Å². The van der Waals surface area contributed by atoms with Crippen LogP contribution >= 0.6 is 0 Å². The summed E-state index contributed by atoms with van der Waals surface area (Å²) in [5.41, 5.74) is 3.37. The van der Waals surface area contributed by atoms with Crippen molar-refractivity contribution in [3.8, 4) is 22.8 Å². The number of aromatic hydroxyl groups is 2. The molecule has 0 radical (unpaired) electrons. The first-order chi connectivity index (χ1) is 12.1. The number of aromatic nitrogens is 3. The maximum Gasteiger partial charge on any atom is 0.235 e. The van der Waals surface area contributed by atoms with E-state index in [0.29, 0.717) is 17.0 Å². The van der Waals surface area contributed by atoms with Crippen molar-refractivity contribution in [2.75, 3.05) is 5.32 Å². The monoisotopic (exact) mass is 332 g/mol. The van der Waals surface area contributed by atoms with E-state index in [-0.39, 0.29) is 11.5 Å². The van der Waals surface area contributed by atoms with Gasteiger partial charge in [0.1, 0.15) is 11.5 Å². The number of para-hydroxylation sites is 1. The lowest BCUT2D eigenvalue weighted by molar-refractivity contribution is 0.404. The first-order valence-corrected chi connectivity index (χ1v) is 7.81. The summed E-state index contributed by atoms with van der Waals surface area (Å²) in [6.07, 6.45) is 3.55. The summed E-state index contributed by atoms with van der Waals surface area (Å²) >= 11 is 0. The van der Waals surface area contributed by atoms with Crippen LogP contribution in [0.25, 0.3) is 17.0 Å². The topological polar surface area (TPSA) is 82.7 Å². The number of hydrogen-bond donors (Lipinski definition) is 3. The number of nitrogens with zero attached hydrogens (tertiary/aromatic N) is 3. The molecule has 0 saturated heterocycles. The molecule has 4 rings (SSSR count). The van der Waals surface area contributed by atoms with E-state index in [1.807, 2.05) is 47.9 Å². The second-order valence-electron chi connectivity index (χ2n) is 5.74. The lowest BCUT2D eigenvalue weighted by atomic mass is 10.1. The number of imidazole rings is 1. The van der Waals surface area contributed by atoms with Gasteiger partial charge in [-0.2, -0.15) is 0 Å². The number of fused-ring (bicyclic) bond motifs is 1. The molecular formula is C19H16N4O2. The number of hydrogen-bond acceptors (Lipinski definition) is 5. The van der Waals surface area contributed by atoms with Gasteiger partial charge in [0.2, 0.25) is 5.78 Å². The zero-order valence-corrected chi connectivity index (χ0v) is 13.5. The molecule has 0 spiro atoms. The second kappa shape index (κ2) is 5.83. The molecule has 2 aromatic heterocycles. The van der Waals surface area contributed by atoms with Gasteiger partial charge in [-0.05, 0) is 42.8 Å². The van der Waals surface area contributed by atoms with E-state index in [0.717, 1.165) is 17.1 Å². The Balaban J connectivity index is 1.92. The third-order valence-corrected chi connectivity index (χ3v) is 4.05. The quantitative estimate of drug-likeness (QED) is 0.496. The molecule has 124 valence electrons. The second-order valence-corrected chi connectivity index (χ2v) is 5.74. The molecule has 0 unspecified atom stereocenters. The Kier molecular flexibility index (Phi) is 3.50. The van der Waals surface area contributed by atoms with Crippen molar-refractivity contribution in [3.05, 3.63) is 66.5 Å². The summed E-state index contributed by atoms with van der Waals surface area (Å²) < 4.78 is 1.85. The highest BCUT2D eigenvalue weighted by Gasteiger charge is 2.16. The Labute approximate surface area is 144 Å². The highest BCUT2D eigenvalue weighted by molar-refractivity contribution is 5.80. The normalized spacial score (nSPS) is 10.9. The summed E-state index contributed by atoms with van der Waals surface area (Å²) in [6, 6.07) is 14.4. The molecule has 3 N–H and O–H groups in total. The summed E-state index contributed by atoms with van der Waals surface area (Å²) in [5, 5.41) is 22.8. The van der Waals surface area contributed by atoms with Gasteiger partial charge in [0.25, 0.3) is 0 Å². The molecule has 0 aliphatic carbocycles. The van der Waals surface area contributed by atoms with Crippen LogP contribution in [0, 0.1) is 6.92 Å². The van der Waals surface area contributed by atoms with E-state index >= 15 is 0 Å². The molecule has 2 aromatic carbocycles. The number of benzene rings is 2. The van der Waals surface area contributed by atoms with Crippen molar-refractivity contribution in [2.24, 2.45) is 0 Å². The molecule has 6 nitrogen and oxygen atoms in total. The average Bonchev–Trinajstić information content (AvgIpc) is 2.98. The van der Waals surface area contributed by atoms with Crippen LogP contribution in [-0.4, -0.2) is 24.6 Å². The van der Waals surface area contributed by atoms with Gasteiger partial charge in [-0.15, -0.1) is 0 Å². The molecule has 0 saturated carbocycles. The zero-order valence-electron chi connectivity index (χ0n) is 13.5. The highest BCUT2D eigenvalue weighted by atomic mass is 16.3. The number of phenols is 2. The molecule has 6 heteroatoms. The minimum Gasteiger partial charge on any atom is -0.504 e. The van der Waals surface area contributed by atoms with E-state index in [1.165, 1.54) is 12.1 Å². The fourth-order valence-corrected chi connectivity index (χ4v) is 2.72. The minimum absolute atomic E-state index is 0.168. The van der Waals surface area contributed by atoms with Gasteiger partial charge in [-0.3, -0.25) is 4.40 Å². The Morgan fingerprint density at radius 1 is 1.00 bits per heavy atom. The summed E-state index contributed by atoms with van der Waals surface area (Å²) in [6.45, 7) is 2.02. The molecule has 0 fully saturated rings. The average molecular weight is 332 g/mol. The van der Waals surface area contributed by atoms with Crippen LogP contribution in [0.15, 0.2) is 60.9 Å². The standard InChI is InChI=1S/C19H16N4O2/c1-12-5-2-3-6-14(12)21-18-17(13-7-8-15(24)16(25)11-13)22-19-20-9-4-10-23(18)19/h2-11,21,24-25H,1H3. The van der Waals surface area contributed by atoms with Crippen molar-refractivity contribution < 1.29 is 10.2 Å². The largest absolute Gasteiger partial charge is 0.504 e. The highest BCUT2D eigenvalue weighted by Crippen LogP contribution is 2.35. The first kappa shape index (κ1) is 15.0. The molecule has 0 amide bonds. The Morgan fingerprint density at radius 2 is 1.84 bits per heavy atom. The Hall–Kier alpha value is -3.54. The SMILES string of the molecule is Cc1ccccc1Nc1c(-c2ccc(O)c(O)c2)nc2ncccn12. The molecule has 4 aromatic rings. The maximum absolute atomic E-state index is 9.84. The summed E-state index contributed by atoms with van der Waals surface area (Å²) in [4.78, 5) is 8.87. The van der Waals surface area contributed by atoms with Crippen LogP contribution in [0.2, 0.25) is 0 Å². The smallest absolute Gasteiger partial charge is 0.235 e. The van der Waals surface area contributed by atoms with Crippen LogP contribution < -0.4 is 5.32 Å². The number of nitrogens with one attached hydrogen (secondary N) is 1. The van der Waals surface area contributed by atoms with Crippen LogP contribution in [0.5, 0.6) is 11.5 Å². The van der Waals surface area contributed by atoms with Gasteiger partial charge in [0.15, 0.2) is 11.5 Å². The molecule has 25 heavy (non-hydrogen) atoms. The van der Waals surface area contributed by atoms with Crippen LogP contribution in [0.1, 0.15) is 5.56 Å². The third kappa shape index (κ3) is 2.63. The summed E-state index contributed by atoms with van der Waals surface area (Å²) in [7, 11) is 0. The Bertz CT molecular complexity index is 1070. The van der Waals surface area contributed by atoms with Crippen molar-refractivity contribution in [1.82, 2.24) is 14.4 Å². The maximum atomic E-state index is 9.84. The van der Waals surface area contributed by atoms with Gasteiger partial charge in [0.05, 0.1) is 0 Å². The summed E-state index contributed by atoms with van der Waals surface area (Å²) in [5.74, 6) is 0.923. The van der Waals surface area contributed by atoms with Crippen LogP contribution in [-0.2, 0) is 0 Å². The van der Waals surface area contributed by atoms with Gasteiger partial charge in [0, 0.05) is 23.6 Å². The molecule has 2 heterocycles. The van der Waals surface area contributed by atoms with E-state index in [9.17, 15) is 10.2 Å². The third-order valence-electron chi connectivity index (χ3n) is 4.05. The zero-order chi connectivity index (χ0) is 17.4. The van der Waals surface area contributed by atoms with Crippen molar-refractivity contribution in [2.45, 2.75) is 6.92 Å². The van der Waals surface area contributed by atoms with Crippen LogP contribution in [0.4, 0.5) is 11.5 Å². The van der Waals surface area contributed by atoms with Gasteiger partial charge >= 0.3 is 0 Å². The fraction of sp³-hybridized carbons (Fsp3) is 0.0526. The number of rotatable bonds is 3. The van der Waals surface area contributed by atoms with E-state index in [1.54, 1.807) is 12.3 Å². The predicted octanol–water partition coefficient (Wildman–Crippen LogP) is 3.86. The van der Waals surface area contributed by atoms with E-state index in [2.05, 4.69) is 15.3 Å². The van der Waals surface area contributed by atoms with Crippen molar-refractivity contribution >= 4 is 17.3 Å². The lowest BCUT2D eigenvalue weighted by Gasteiger charge is -2.11. The Morgan fingerprint density at radius 3 is 2.64 bits per heavy atom.